The molecule has 0 radical (unpaired) electrons. The van der Waals surface area contributed by atoms with Crippen LogP contribution >= 0.6 is 0 Å². The molecule has 0 amide bonds. The Morgan fingerprint density at radius 1 is 1.17 bits per heavy atom. The minimum atomic E-state index is 0.573. The van der Waals surface area contributed by atoms with Crippen LogP contribution in [0.1, 0.15) is 58.8 Å². The van der Waals surface area contributed by atoms with Crippen molar-refractivity contribution in [2.24, 2.45) is 0 Å². The van der Waals surface area contributed by atoms with Gasteiger partial charge in [0.1, 0.15) is 0 Å². The fourth-order valence-corrected chi connectivity index (χ4v) is 2.13. The predicted molar refractivity (Wildman–Crippen MR) is 54.4 cm³/mol. The van der Waals surface area contributed by atoms with E-state index < -0.39 is 0 Å². The Bertz CT molecular complexity index is 116. The molecule has 1 heteroatoms. The Balaban J connectivity index is 2.15. The highest BCUT2D eigenvalue weighted by Crippen LogP contribution is 2.35. The second-order valence-electron chi connectivity index (χ2n) is 4.16. The van der Waals surface area contributed by atoms with Crippen molar-refractivity contribution in [3.8, 4) is 0 Å². The lowest BCUT2D eigenvalue weighted by atomic mass is 9.73. The van der Waals surface area contributed by atoms with Gasteiger partial charge in [0.2, 0.25) is 0 Å². The molecule has 1 nitrogen and oxygen atoms in total. The maximum Gasteiger partial charge on any atom is 0.0181 e. The van der Waals surface area contributed by atoms with Crippen molar-refractivity contribution in [1.82, 2.24) is 5.32 Å². The first-order chi connectivity index (χ1) is 5.83. The van der Waals surface area contributed by atoms with Gasteiger partial charge in [-0.1, -0.05) is 26.7 Å². The summed E-state index contributed by atoms with van der Waals surface area (Å²) in [5.41, 5.74) is 0.573. The minimum Gasteiger partial charge on any atom is -0.311 e. The number of hydrogen-bond donors (Lipinski definition) is 1. The van der Waals surface area contributed by atoms with Crippen LogP contribution in [0.15, 0.2) is 0 Å². The Labute approximate surface area is 76.9 Å². The van der Waals surface area contributed by atoms with Crippen LogP contribution in [0.25, 0.3) is 0 Å². The molecule has 0 unspecified atom stereocenters. The molecule has 12 heavy (non-hydrogen) atoms. The monoisotopic (exact) mass is 169 g/mol. The smallest absolute Gasteiger partial charge is 0.0181 e. The van der Waals surface area contributed by atoms with E-state index in [1.54, 1.807) is 0 Å². The summed E-state index contributed by atoms with van der Waals surface area (Å²) in [4.78, 5) is 0. The zero-order chi connectivity index (χ0) is 8.86. The molecular formula is C11H23N. The van der Waals surface area contributed by atoms with Gasteiger partial charge in [0.05, 0.1) is 0 Å². The molecule has 0 aromatic carbocycles. The standard InChI is InChI=1S/C11H23N/c1-3-5-10-12-11(7-4-2)8-6-9-11/h12H,3-10H2,1-2H3. The van der Waals surface area contributed by atoms with Gasteiger partial charge in [-0.15, -0.1) is 0 Å². The summed E-state index contributed by atoms with van der Waals surface area (Å²) in [6.45, 7) is 5.78. The highest BCUT2D eigenvalue weighted by Gasteiger charge is 2.34. The summed E-state index contributed by atoms with van der Waals surface area (Å²) in [5, 5.41) is 3.73. The van der Waals surface area contributed by atoms with Crippen LogP contribution in [0.3, 0.4) is 0 Å². The van der Waals surface area contributed by atoms with Crippen LogP contribution in [-0.4, -0.2) is 12.1 Å². The summed E-state index contributed by atoms with van der Waals surface area (Å²) < 4.78 is 0. The van der Waals surface area contributed by atoms with Crippen LogP contribution in [0.2, 0.25) is 0 Å². The second-order valence-corrected chi connectivity index (χ2v) is 4.16. The van der Waals surface area contributed by atoms with Gasteiger partial charge in [0.15, 0.2) is 0 Å². The molecule has 0 aromatic heterocycles. The molecule has 1 aliphatic rings. The number of unbranched alkanes of at least 4 members (excludes halogenated alkanes) is 1. The van der Waals surface area contributed by atoms with Gasteiger partial charge < -0.3 is 5.32 Å². The van der Waals surface area contributed by atoms with Crippen molar-refractivity contribution in [3.05, 3.63) is 0 Å². The summed E-state index contributed by atoms with van der Waals surface area (Å²) in [6, 6.07) is 0. The van der Waals surface area contributed by atoms with E-state index in [0.717, 1.165) is 0 Å². The Morgan fingerprint density at radius 3 is 2.33 bits per heavy atom. The highest BCUT2D eigenvalue weighted by atomic mass is 15.0. The van der Waals surface area contributed by atoms with Gasteiger partial charge in [0, 0.05) is 5.54 Å². The SMILES string of the molecule is CCCCNC1(CCC)CCC1. The molecule has 1 fully saturated rings. The first-order valence-electron chi connectivity index (χ1n) is 5.58. The van der Waals surface area contributed by atoms with Gasteiger partial charge in [0.25, 0.3) is 0 Å². The molecule has 0 heterocycles. The van der Waals surface area contributed by atoms with Gasteiger partial charge in [-0.25, -0.2) is 0 Å². The van der Waals surface area contributed by atoms with E-state index in [2.05, 4.69) is 19.2 Å². The molecule has 0 aromatic rings. The van der Waals surface area contributed by atoms with E-state index in [1.165, 1.54) is 51.5 Å². The van der Waals surface area contributed by atoms with E-state index in [1.807, 2.05) is 0 Å². The number of rotatable bonds is 6. The van der Waals surface area contributed by atoms with Crippen LogP contribution in [0, 0.1) is 0 Å². The fraction of sp³-hybridized carbons (Fsp3) is 1.00. The zero-order valence-electron chi connectivity index (χ0n) is 8.66. The first kappa shape index (κ1) is 10.0. The molecule has 0 aliphatic heterocycles. The fourth-order valence-electron chi connectivity index (χ4n) is 2.13. The highest BCUT2D eigenvalue weighted by molar-refractivity contribution is 4.95. The normalized spacial score (nSPS) is 20.5. The summed E-state index contributed by atoms with van der Waals surface area (Å²) >= 11 is 0. The van der Waals surface area contributed by atoms with Crippen molar-refractivity contribution in [1.29, 1.82) is 0 Å². The molecule has 1 N–H and O–H groups in total. The molecule has 72 valence electrons. The summed E-state index contributed by atoms with van der Waals surface area (Å²) in [5.74, 6) is 0. The molecular weight excluding hydrogens is 146 g/mol. The minimum absolute atomic E-state index is 0.573. The lowest BCUT2D eigenvalue weighted by molar-refractivity contribution is 0.169. The third-order valence-electron chi connectivity index (χ3n) is 3.07. The molecule has 1 aliphatic carbocycles. The zero-order valence-corrected chi connectivity index (χ0v) is 8.66. The maximum atomic E-state index is 3.73. The van der Waals surface area contributed by atoms with E-state index in [0.29, 0.717) is 5.54 Å². The van der Waals surface area contributed by atoms with Crippen molar-refractivity contribution in [3.63, 3.8) is 0 Å². The Kier molecular flexibility index (Phi) is 4.07. The van der Waals surface area contributed by atoms with Crippen LogP contribution in [-0.2, 0) is 0 Å². The lowest BCUT2D eigenvalue weighted by Crippen LogP contribution is -2.51. The largest absolute Gasteiger partial charge is 0.311 e. The third-order valence-corrected chi connectivity index (χ3v) is 3.07. The second kappa shape index (κ2) is 4.86. The maximum absolute atomic E-state index is 3.73. The van der Waals surface area contributed by atoms with E-state index in [-0.39, 0.29) is 0 Å². The third kappa shape index (κ3) is 2.48. The van der Waals surface area contributed by atoms with Crippen LogP contribution in [0.4, 0.5) is 0 Å². The molecule has 0 bridgehead atoms. The number of nitrogens with one attached hydrogen (secondary N) is 1. The molecule has 0 atom stereocenters. The average Bonchev–Trinajstić information content (AvgIpc) is 2.00. The Hall–Kier alpha value is -0.0400. The number of hydrogen-bond acceptors (Lipinski definition) is 1. The van der Waals surface area contributed by atoms with Gasteiger partial charge in [-0.3, -0.25) is 0 Å². The van der Waals surface area contributed by atoms with Crippen molar-refractivity contribution in [2.75, 3.05) is 6.54 Å². The van der Waals surface area contributed by atoms with Crippen molar-refractivity contribution >= 4 is 0 Å². The van der Waals surface area contributed by atoms with E-state index >= 15 is 0 Å². The Morgan fingerprint density at radius 2 is 1.92 bits per heavy atom. The van der Waals surface area contributed by atoms with Crippen LogP contribution in [0.5, 0.6) is 0 Å². The van der Waals surface area contributed by atoms with Gasteiger partial charge in [-0.05, 0) is 38.6 Å². The van der Waals surface area contributed by atoms with Crippen molar-refractivity contribution < 1.29 is 0 Å². The molecule has 0 saturated heterocycles. The topological polar surface area (TPSA) is 12.0 Å². The van der Waals surface area contributed by atoms with E-state index in [4.69, 9.17) is 0 Å². The molecule has 0 spiro atoms. The first-order valence-corrected chi connectivity index (χ1v) is 5.58. The quantitative estimate of drug-likeness (QED) is 0.602. The summed E-state index contributed by atoms with van der Waals surface area (Å²) in [6.07, 6.45) is 9.66. The van der Waals surface area contributed by atoms with Gasteiger partial charge >= 0.3 is 0 Å². The lowest BCUT2D eigenvalue weighted by Gasteiger charge is -2.43. The van der Waals surface area contributed by atoms with Crippen molar-refractivity contribution in [2.45, 2.75) is 64.3 Å². The summed E-state index contributed by atoms with van der Waals surface area (Å²) in [7, 11) is 0. The molecule has 1 rings (SSSR count). The predicted octanol–water partition coefficient (Wildman–Crippen LogP) is 3.10. The molecule has 1 saturated carbocycles. The van der Waals surface area contributed by atoms with Gasteiger partial charge in [-0.2, -0.15) is 0 Å². The average molecular weight is 169 g/mol. The van der Waals surface area contributed by atoms with E-state index in [9.17, 15) is 0 Å². The van der Waals surface area contributed by atoms with Crippen LogP contribution < -0.4 is 5.32 Å².